The molecule has 5 nitrogen and oxygen atoms in total. The number of sulfonamides is 1. The van der Waals surface area contributed by atoms with Crippen molar-refractivity contribution in [2.24, 2.45) is 5.41 Å². The van der Waals surface area contributed by atoms with Gasteiger partial charge in [0.2, 0.25) is 10.0 Å². The Bertz CT molecular complexity index is 591. The summed E-state index contributed by atoms with van der Waals surface area (Å²) >= 11 is 1.73. The lowest BCUT2D eigenvalue weighted by Gasteiger charge is -2.45. The smallest absolute Gasteiger partial charge is 0.208 e. The number of nitrogens with one attached hydrogen (secondary N) is 1. The molecule has 1 spiro atoms. The molecule has 0 bridgehead atoms. The number of likely N-dealkylation sites (tertiary alicyclic amines) is 1. The van der Waals surface area contributed by atoms with Crippen LogP contribution in [-0.2, 0) is 16.6 Å². The molecule has 112 valence electrons. The van der Waals surface area contributed by atoms with Crippen LogP contribution in [0.25, 0.3) is 0 Å². The van der Waals surface area contributed by atoms with Crippen molar-refractivity contribution in [2.75, 3.05) is 19.3 Å². The molecule has 1 aromatic heterocycles. The van der Waals surface area contributed by atoms with Crippen LogP contribution in [0.5, 0.6) is 0 Å². The second-order valence-electron chi connectivity index (χ2n) is 6.32. The summed E-state index contributed by atoms with van der Waals surface area (Å²) in [6.07, 6.45) is 4.40. The fraction of sp³-hybridized carbons (Fsp3) is 0.769. The Morgan fingerprint density at radius 3 is 2.90 bits per heavy atom. The van der Waals surface area contributed by atoms with Gasteiger partial charge in [0.25, 0.3) is 0 Å². The molecule has 7 heteroatoms. The molecule has 2 heterocycles. The van der Waals surface area contributed by atoms with Gasteiger partial charge in [0.1, 0.15) is 0 Å². The molecule has 0 unspecified atom stereocenters. The van der Waals surface area contributed by atoms with Crippen molar-refractivity contribution in [3.63, 3.8) is 0 Å². The lowest BCUT2D eigenvalue weighted by Crippen LogP contribution is -2.51. The van der Waals surface area contributed by atoms with E-state index in [1.807, 2.05) is 5.51 Å². The molecule has 0 amide bonds. The molecule has 0 atom stereocenters. The number of aryl methyl sites for hydroxylation is 1. The highest BCUT2D eigenvalue weighted by Gasteiger charge is 2.48. The molecular formula is C13H21N3O2S2. The quantitative estimate of drug-likeness (QED) is 0.911. The number of hydrogen-bond donors (Lipinski definition) is 1. The van der Waals surface area contributed by atoms with Crippen LogP contribution in [0.3, 0.4) is 0 Å². The van der Waals surface area contributed by atoms with Crippen LogP contribution < -0.4 is 4.72 Å². The largest absolute Gasteiger partial charge is 0.298 e. The molecule has 20 heavy (non-hydrogen) atoms. The second-order valence-corrected chi connectivity index (χ2v) is 9.04. The maximum absolute atomic E-state index is 11.2. The molecule has 3 rings (SSSR count). The second kappa shape index (κ2) is 5.05. The van der Waals surface area contributed by atoms with Crippen molar-refractivity contribution >= 4 is 21.4 Å². The summed E-state index contributed by atoms with van der Waals surface area (Å²) in [6, 6.07) is 0.148. The first-order chi connectivity index (χ1) is 9.35. The molecule has 1 N–H and O–H groups in total. The maximum Gasteiger partial charge on any atom is 0.208 e. The Hall–Kier alpha value is -0.500. The third-order valence-electron chi connectivity index (χ3n) is 4.47. The fourth-order valence-corrected chi connectivity index (χ4v) is 5.14. The SMILES string of the molecule is Cc1ncsc1CN1CCC2(CC(NS(C)(=O)=O)C2)C1. The van der Waals surface area contributed by atoms with Gasteiger partial charge in [-0.05, 0) is 38.1 Å². The summed E-state index contributed by atoms with van der Waals surface area (Å²) in [6.45, 7) is 5.25. The monoisotopic (exact) mass is 315 g/mol. The highest BCUT2D eigenvalue weighted by atomic mass is 32.2. The van der Waals surface area contributed by atoms with Gasteiger partial charge in [-0.25, -0.2) is 18.1 Å². The van der Waals surface area contributed by atoms with E-state index in [0.717, 1.165) is 38.2 Å². The summed E-state index contributed by atoms with van der Waals surface area (Å²) in [5.74, 6) is 0. The van der Waals surface area contributed by atoms with Crippen LogP contribution in [0.4, 0.5) is 0 Å². The van der Waals surface area contributed by atoms with Crippen molar-refractivity contribution in [3.05, 3.63) is 16.1 Å². The van der Waals surface area contributed by atoms with Crippen LogP contribution in [0.1, 0.15) is 29.8 Å². The highest BCUT2D eigenvalue weighted by molar-refractivity contribution is 7.88. The molecule has 1 aromatic rings. The topological polar surface area (TPSA) is 62.3 Å². The molecule has 1 saturated carbocycles. The van der Waals surface area contributed by atoms with Gasteiger partial charge in [-0.1, -0.05) is 0 Å². The van der Waals surface area contributed by atoms with Gasteiger partial charge in [0.15, 0.2) is 0 Å². The number of thiazole rings is 1. The first-order valence-electron chi connectivity index (χ1n) is 6.94. The minimum Gasteiger partial charge on any atom is -0.298 e. The number of rotatable bonds is 4. The summed E-state index contributed by atoms with van der Waals surface area (Å²) in [4.78, 5) is 8.13. The minimum atomic E-state index is -3.06. The lowest BCUT2D eigenvalue weighted by molar-refractivity contribution is 0.101. The van der Waals surface area contributed by atoms with Gasteiger partial charge in [0, 0.05) is 24.0 Å². The minimum absolute atomic E-state index is 0.148. The van der Waals surface area contributed by atoms with Gasteiger partial charge < -0.3 is 0 Å². The third kappa shape index (κ3) is 3.05. The Kier molecular flexibility index (Phi) is 3.64. The van der Waals surface area contributed by atoms with Crippen molar-refractivity contribution in [1.29, 1.82) is 0 Å². The van der Waals surface area contributed by atoms with Gasteiger partial charge in [-0.3, -0.25) is 4.90 Å². The molecule has 1 aliphatic carbocycles. The van der Waals surface area contributed by atoms with Gasteiger partial charge in [-0.15, -0.1) is 11.3 Å². The number of hydrogen-bond acceptors (Lipinski definition) is 5. The van der Waals surface area contributed by atoms with Gasteiger partial charge in [-0.2, -0.15) is 0 Å². The standard InChI is InChI=1S/C13H21N3O2S2/c1-10-12(19-9-14-10)7-16-4-3-13(8-16)5-11(6-13)15-20(2,17)18/h9,11,15H,3-8H2,1-2H3. The normalized spacial score (nSPS) is 30.8. The van der Waals surface area contributed by atoms with Crippen molar-refractivity contribution in [1.82, 2.24) is 14.6 Å². The van der Waals surface area contributed by atoms with E-state index in [0.29, 0.717) is 5.41 Å². The van der Waals surface area contributed by atoms with E-state index in [1.165, 1.54) is 17.6 Å². The molecule has 0 aromatic carbocycles. The summed E-state index contributed by atoms with van der Waals surface area (Å²) in [5, 5.41) is 0. The van der Waals surface area contributed by atoms with Crippen molar-refractivity contribution in [2.45, 2.75) is 38.8 Å². The lowest BCUT2D eigenvalue weighted by atomic mass is 9.65. The molecule has 1 saturated heterocycles. The Morgan fingerprint density at radius 1 is 1.55 bits per heavy atom. The summed E-state index contributed by atoms with van der Waals surface area (Å²) in [7, 11) is -3.06. The third-order valence-corrected chi connectivity index (χ3v) is 6.15. The van der Waals surface area contributed by atoms with E-state index in [9.17, 15) is 8.42 Å². The van der Waals surface area contributed by atoms with Crippen LogP contribution in [0, 0.1) is 12.3 Å². The van der Waals surface area contributed by atoms with E-state index in [1.54, 1.807) is 11.3 Å². The van der Waals surface area contributed by atoms with Crippen LogP contribution in [-0.4, -0.2) is 43.7 Å². The first kappa shape index (κ1) is 14.4. The number of aromatic nitrogens is 1. The zero-order valence-corrected chi connectivity index (χ0v) is 13.6. The van der Waals surface area contributed by atoms with Crippen LogP contribution in [0.2, 0.25) is 0 Å². The zero-order chi connectivity index (χ0) is 14.4. The predicted octanol–water partition coefficient (Wildman–Crippen LogP) is 1.36. The average molecular weight is 315 g/mol. The van der Waals surface area contributed by atoms with E-state index in [2.05, 4.69) is 21.5 Å². The van der Waals surface area contributed by atoms with Crippen molar-refractivity contribution < 1.29 is 8.42 Å². The zero-order valence-electron chi connectivity index (χ0n) is 11.9. The van der Waals surface area contributed by atoms with Gasteiger partial charge >= 0.3 is 0 Å². The van der Waals surface area contributed by atoms with E-state index in [-0.39, 0.29) is 6.04 Å². The molecule has 1 aliphatic heterocycles. The summed E-state index contributed by atoms with van der Waals surface area (Å²) in [5.41, 5.74) is 3.40. The molecule has 0 radical (unpaired) electrons. The van der Waals surface area contributed by atoms with Crippen LogP contribution >= 0.6 is 11.3 Å². The van der Waals surface area contributed by atoms with Gasteiger partial charge in [0.05, 0.1) is 17.5 Å². The molecular weight excluding hydrogens is 294 g/mol. The van der Waals surface area contributed by atoms with E-state index >= 15 is 0 Å². The first-order valence-corrected chi connectivity index (χ1v) is 9.71. The average Bonchev–Trinajstić information content (AvgIpc) is 2.85. The Morgan fingerprint density at radius 2 is 2.30 bits per heavy atom. The molecule has 2 aliphatic rings. The molecule has 2 fully saturated rings. The Labute approximate surface area is 124 Å². The number of nitrogens with zero attached hydrogens (tertiary/aromatic N) is 2. The van der Waals surface area contributed by atoms with E-state index < -0.39 is 10.0 Å². The highest BCUT2D eigenvalue weighted by Crippen LogP contribution is 2.48. The van der Waals surface area contributed by atoms with E-state index in [4.69, 9.17) is 0 Å². The van der Waals surface area contributed by atoms with Crippen LogP contribution in [0.15, 0.2) is 5.51 Å². The predicted molar refractivity (Wildman–Crippen MR) is 80.2 cm³/mol. The van der Waals surface area contributed by atoms with Crippen molar-refractivity contribution in [3.8, 4) is 0 Å². The maximum atomic E-state index is 11.2. The Balaban J connectivity index is 1.53. The fourth-order valence-electron chi connectivity index (χ4n) is 3.55. The summed E-state index contributed by atoms with van der Waals surface area (Å²) < 4.78 is 25.2.